The summed E-state index contributed by atoms with van der Waals surface area (Å²) in [5.74, 6) is -0.186. The number of halogens is 1. The fourth-order valence-corrected chi connectivity index (χ4v) is 2.24. The minimum atomic E-state index is -0.165. The highest BCUT2D eigenvalue weighted by Gasteiger charge is 2.05. The van der Waals surface area contributed by atoms with Crippen LogP contribution in [0.25, 0.3) is 0 Å². The van der Waals surface area contributed by atoms with E-state index >= 15 is 0 Å². The third-order valence-electron chi connectivity index (χ3n) is 3.40. The van der Waals surface area contributed by atoms with Crippen molar-refractivity contribution in [1.29, 1.82) is 0 Å². The Morgan fingerprint density at radius 1 is 1.00 bits per heavy atom. The fourth-order valence-electron chi connectivity index (χ4n) is 2.12. The number of hydrogen-bond acceptors (Lipinski definition) is 3. The number of nitrogens with one attached hydrogen (secondary N) is 2. The van der Waals surface area contributed by atoms with Gasteiger partial charge in [0, 0.05) is 48.4 Å². The van der Waals surface area contributed by atoms with Crippen molar-refractivity contribution in [3.05, 3.63) is 64.9 Å². The van der Waals surface area contributed by atoms with Gasteiger partial charge in [0.05, 0.1) is 0 Å². The molecule has 2 N–H and O–H groups in total. The van der Waals surface area contributed by atoms with Crippen LogP contribution in [0.1, 0.15) is 28.9 Å². The van der Waals surface area contributed by atoms with Crippen LogP contribution in [0, 0.1) is 0 Å². The van der Waals surface area contributed by atoms with Crippen LogP contribution < -0.4 is 10.6 Å². The smallest absolute Gasteiger partial charge is 0.251 e. The number of carbonyl (C=O) groups is 2. The van der Waals surface area contributed by atoms with Gasteiger partial charge in [-0.15, -0.1) is 0 Å². The molecule has 0 saturated carbocycles. The highest BCUT2D eigenvalue weighted by atomic mass is 35.5. The zero-order valence-corrected chi connectivity index (χ0v) is 14.1. The quantitative estimate of drug-likeness (QED) is 0.722. The van der Waals surface area contributed by atoms with E-state index in [9.17, 15) is 9.59 Å². The van der Waals surface area contributed by atoms with Gasteiger partial charge in [-0.05, 0) is 42.8 Å². The molecule has 0 aliphatic heterocycles. The lowest BCUT2D eigenvalue weighted by Gasteiger charge is -2.07. The first-order valence-corrected chi connectivity index (χ1v) is 8.23. The van der Waals surface area contributed by atoms with Crippen molar-refractivity contribution in [3.8, 4) is 0 Å². The van der Waals surface area contributed by atoms with E-state index < -0.39 is 0 Å². The number of aromatic nitrogens is 1. The maximum atomic E-state index is 11.9. The first-order valence-electron chi connectivity index (χ1n) is 7.85. The van der Waals surface area contributed by atoms with Gasteiger partial charge in [-0.1, -0.05) is 17.7 Å². The Balaban J connectivity index is 1.57. The molecule has 0 saturated heterocycles. The van der Waals surface area contributed by atoms with Crippen LogP contribution in [-0.2, 0) is 11.2 Å². The summed E-state index contributed by atoms with van der Waals surface area (Å²) in [4.78, 5) is 27.8. The lowest BCUT2D eigenvalue weighted by atomic mass is 10.2. The largest absolute Gasteiger partial charge is 0.356 e. The van der Waals surface area contributed by atoms with Crippen molar-refractivity contribution in [3.63, 3.8) is 0 Å². The summed E-state index contributed by atoms with van der Waals surface area (Å²) in [5, 5.41) is 6.23. The first-order chi connectivity index (χ1) is 11.6. The van der Waals surface area contributed by atoms with Crippen molar-refractivity contribution in [1.82, 2.24) is 15.6 Å². The zero-order valence-electron chi connectivity index (χ0n) is 13.3. The van der Waals surface area contributed by atoms with Crippen LogP contribution in [-0.4, -0.2) is 29.9 Å². The highest BCUT2D eigenvalue weighted by molar-refractivity contribution is 6.30. The van der Waals surface area contributed by atoms with Gasteiger partial charge in [0.25, 0.3) is 5.91 Å². The monoisotopic (exact) mass is 345 g/mol. The Labute approximate surface area is 146 Å². The molecule has 6 heteroatoms. The molecule has 0 atom stereocenters. The van der Waals surface area contributed by atoms with Gasteiger partial charge in [0.2, 0.25) is 5.91 Å². The lowest BCUT2D eigenvalue weighted by Crippen LogP contribution is -2.28. The third-order valence-corrected chi connectivity index (χ3v) is 3.65. The molecule has 1 heterocycles. The number of pyridine rings is 1. The molecule has 0 radical (unpaired) electrons. The van der Waals surface area contributed by atoms with E-state index in [1.807, 2.05) is 18.2 Å². The fraction of sp³-hybridized carbons (Fsp3) is 0.278. The maximum Gasteiger partial charge on any atom is 0.251 e. The van der Waals surface area contributed by atoms with Crippen molar-refractivity contribution in [2.45, 2.75) is 19.3 Å². The van der Waals surface area contributed by atoms with Crippen LogP contribution in [0.2, 0.25) is 5.02 Å². The minimum absolute atomic E-state index is 0.0216. The van der Waals surface area contributed by atoms with E-state index in [0.717, 1.165) is 5.69 Å². The highest BCUT2D eigenvalue weighted by Crippen LogP contribution is 2.09. The van der Waals surface area contributed by atoms with E-state index in [2.05, 4.69) is 15.6 Å². The molecule has 0 unspecified atom stereocenters. The SMILES string of the molecule is O=C(CCCNC(=O)c1ccc(Cl)cc1)NCCc1ccccn1. The number of carbonyl (C=O) groups excluding carboxylic acids is 2. The average molecular weight is 346 g/mol. The minimum Gasteiger partial charge on any atom is -0.356 e. The Morgan fingerprint density at radius 3 is 2.50 bits per heavy atom. The van der Waals surface area contributed by atoms with Crippen LogP contribution in [0.15, 0.2) is 48.7 Å². The van der Waals surface area contributed by atoms with Gasteiger partial charge in [-0.25, -0.2) is 0 Å². The lowest BCUT2D eigenvalue weighted by molar-refractivity contribution is -0.121. The second kappa shape index (κ2) is 9.67. The van der Waals surface area contributed by atoms with Crippen molar-refractivity contribution in [2.24, 2.45) is 0 Å². The van der Waals surface area contributed by atoms with Crippen LogP contribution >= 0.6 is 11.6 Å². The summed E-state index contributed by atoms with van der Waals surface area (Å²) in [6.45, 7) is 1.02. The summed E-state index contributed by atoms with van der Waals surface area (Å²) in [6.07, 6.45) is 3.41. The second-order valence-corrected chi connectivity index (χ2v) is 5.72. The molecule has 0 aliphatic carbocycles. The van der Waals surface area contributed by atoms with Crippen LogP contribution in [0.3, 0.4) is 0 Å². The molecular weight excluding hydrogens is 326 g/mol. The van der Waals surface area contributed by atoms with Crippen molar-refractivity contribution >= 4 is 23.4 Å². The van der Waals surface area contributed by atoms with Crippen molar-refractivity contribution < 1.29 is 9.59 Å². The van der Waals surface area contributed by atoms with Crippen LogP contribution in [0.4, 0.5) is 0 Å². The van der Waals surface area contributed by atoms with Gasteiger partial charge in [-0.2, -0.15) is 0 Å². The number of nitrogens with zero attached hydrogens (tertiary/aromatic N) is 1. The maximum absolute atomic E-state index is 11.9. The first kappa shape index (κ1) is 17.9. The number of rotatable bonds is 8. The van der Waals surface area contributed by atoms with Gasteiger partial charge in [0.15, 0.2) is 0 Å². The summed E-state index contributed by atoms with van der Waals surface area (Å²) in [6, 6.07) is 12.4. The Hall–Kier alpha value is -2.40. The summed E-state index contributed by atoms with van der Waals surface area (Å²) < 4.78 is 0. The zero-order chi connectivity index (χ0) is 17.2. The Kier molecular flexibility index (Phi) is 7.23. The van der Waals surface area contributed by atoms with E-state index in [1.165, 1.54) is 0 Å². The molecule has 2 aromatic rings. The van der Waals surface area contributed by atoms with Crippen LogP contribution in [0.5, 0.6) is 0 Å². The normalized spacial score (nSPS) is 10.2. The number of amides is 2. The molecule has 0 fully saturated rings. The summed E-state index contributed by atoms with van der Waals surface area (Å²) in [5.41, 5.74) is 1.51. The topological polar surface area (TPSA) is 71.1 Å². The number of benzene rings is 1. The molecule has 1 aromatic heterocycles. The summed E-state index contributed by atoms with van der Waals surface area (Å²) >= 11 is 5.78. The predicted molar refractivity (Wildman–Crippen MR) is 94.0 cm³/mol. The average Bonchev–Trinajstić information content (AvgIpc) is 2.60. The molecule has 0 spiro atoms. The summed E-state index contributed by atoms with van der Waals surface area (Å²) in [7, 11) is 0. The molecule has 1 aromatic carbocycles. The van der Waals surface area contributed by atoms with Gasteiger partial charge >= 0.3 is 0 Å². The molecule has 24 heavy (non-hydrogen) atoms. The van der Waals surface area contributed by atoms with Gasteiger partial charge in [0.1, 0.15) is 0 Å². The number of hydrogen-bond donors (Lipinski definition) is 2. The standard InChI is InChI=1S/C18H20ClN3O2/c19-15-8-6-14(7-9-15)18(24)22-12-3-5-17(23)21-13-10-16-4-1-2-11-20-16/h1-2,4,6-9,11H,3,5,10,12-13H2,(H,21,23)(H,22,24). The molecule has 0 bridgehead atoms. The van der Waals surface area contributed by atoms with E-state index in [-0.39, 0.29) is 11.8 Å². The van der Waals surface area contributed by atoms with E-state index in [1.54, 1.807) is 30.5 Å². The van der Waals surface area contributed by atoms with E-state index in [0.29, 0.717) is 42.9 Å². The third kappa shape index (κ3) is 6.38. The van der Waals surface area contributed by atoms with E-state index in [4.69, 9.17) is 11.6 Å². The van der Waals surface area contributed by atoms with Gasteiger partial charge < -0.3 is 10.6 Å². The Bertz CT molecular complexity index is 660. The second-order valence-electron chi connectivity index (χ2n) is 5.29. The van der Waals surface area contributed by atoms with Crippen molar-refractivity contribution in [2.75, 3.05) is 13.1 Å². The molecule has 2 amide bonds. The Morgan fingerprint density at radius 2 is 1.79 bits per heavy atom. The molecule has 126 valence electrons. The molecular formula is C18H20ClN3O2. The molecule has 0 aliphatic rings. The molecule has 5 nitrogen and oxygen atoms in total. The molecule has 2 rings (SSSR count). The predicted octanol–water partition coefficient (Wildman–Crippen LogP) is 2.60. The van der Waals surface area contributed by atoms with Gasteiger partial charge in [-0.3, -0.25) is 14.6 Å².